The third-order valence-electron chi connectivity index (χ3n) is 6.53. The molecule has 2 saturated heterocycles. The van der Waals surface area contributed by atoms with Gasteiger partial charge in [-0.2, -0.15) is 0 Å². The maximum Gasteiger partial charge on any atom is 0.158 e. The average Bonchev–Trinajstić information content (AvgIpc) is 2.86. The predicted molar refractivity (Wildman–Crippen MR) is 95.0 cm³/mol. The van der Waals surface area contributed by atoms with Gasteiger partial charge in [0.15, 0.2) is 5.78 Å². The second-order valence-corrected chi connectivity index (χ2v) is 7.91. The van der Waals surface area contributed by atoms with E-state index in [9.17, 15) is 4.79 Å². The van der Waals surface area contributed by atoms with E-state index in [1.54, 1.807) is 0 Å². The maximum atomic E-state index is 13.4. The van der Waals surface area contributed by atoms with Gasteiger partial charge < -0.3 is 0 Å². The summed E-state index contributed by atoms with van der Waals surface area (Å²) >= 11 is 0. The molecule has 6 atom stereocenters. The highest BCUT2D eigenvalue weighted by Crippen LogP contribution is 2.55. The molecule has 3 aliphatic heterocycles. The molecule has 3 heterocycles. The molecule has 3 aliphatic rings. The van der Waals surface area contributed by atoms with E-state index >= 15 is 0 Å². The minimum atomic E-state index is 0.0169. The molecule has 0 aromatic heterocycles. The molecule has 2 fully saturated rings. The minimum Gasteiger partial charge on any atom is -0.297 e. The molecule has 0 N–H and O–H groups in total. The summed E-state index contributed by atoms with van der Waals surface area (Å²) in [6, 6.07) is 18.0. The van der Waals surface area contributed by atoms with Gasteiger partial charge in [0.1, 0.15) is 0 Å². The van der Waals surface area contributed by atoms with Crippen molar-refractivity contribution in [1.29, 1.82) is 0 Å². The summed E-state index contributed by atoms with van der Waals surface area (Å²) in [6.07, 6.45) is 1.02. The number of Topliss-reactive ketones (excluding diaryl/α,β-unsaturated/α-hetero) is 1. The highest BCUT2D eigenvalue weighted by atomic mass is 16.1. The molecule has 0 aliphatic carbocycles. The number of fused-ring (bicyclic) bond motifs is 2. The van der Waals surface area contributed by atoms with E-state index in [1.165, 1.54) is 22.3 Å². The van der Waals surface area contributed by atoms with Crippen LogP contribution >= 0.6 is 0 Å². The lowest BCUT2D eigenvalue weighted by molar-refractivity contribution is -0.130. The Morgan fingerprint density at radius 3 is 2.58 bits per heavy atom. The van der Waals surface area contributed by atoms with E-state index in [1.807, 2.05) is 0 Å². The molecular weight excluding hydrogens is 294 g/mol. The fourth-order valence-electron chi connectivity index (χ4n) is 5.51. The second-order valence-electron chi connectivity index (χ2n) is 7.91. The van der Waals surface area contributed by atoms with E-state index in [-0.39, 0.29) is 12.0 Å². The largest absolute Gasteiger partial charge is 0.297 e. The van der Waals surface area contributed by atoms with Gasteiger partial charge in [0.25, 0.3) is 0 Å². The fourth-order valence-corrected chi connectivity index (χ4v) is 5.51. The molecule has 24 heavy (non-hydrogen) atoms. The molecule has 0 amide bonds. The van der Waals surface area contributed by atoms with Gasteiger partial charge in [-0.1, -0.05) is 61.0 Å². The normalized spacial score (nSPS) is 36.5. The highest BCUT2D eigenvalue weighted by Gasteiger charge is 2.58. The van der Waals surface area contributed by atoms with Gasteiger partial charge in [0, 0.05) is 18.5 Å². The van der Waals surface area contributed by atoms with Crippen LogP contribution in [0.5, 0.6) is 0 Å². The van der Waals surface area contributed by atoms with Crippen LogP contribution in [0, 0.1) is 12.8 Å². The molecule has 2 nitrogen and oxygen atoms in total. The number of nitrogens with zero attached hydrogens (tertiary/aromatic N) is 1. The van der Waals surface area contributed by atoms with Crippen molar-refractivity contribution >= 4 is 5.78 Å². The lowest BCUT2D eigenvalue weighted by Crippen LogP contribution is -2.55. The van der Waals surface area contributed by atoms with Gasteiger partial charge in [-0.15, -0.1) is 0 Å². The molecule has 5 rings (SSSR count). The molecule has 0 spiro atoms. The average molecular weight is 317 g/mol. The monoisotopic (exact) mass is 317 g/mol. The Bertz CT molecular complexity index is 809. The van der Waals surface area contributed by atoms with Crippen LogP contribution in [0.25, 0.3) is 0 Å². The van der Waals surface area contributed by atoms with Crippen molar-refractivity contribution in [1.82, 2.24) is 4.90 Å². The third-order valence-corrected chi connectivity index (χ3v) is 6.53. The third kappa shape index (κ3) is 1.83. The molecule has 0 radical (unpaired) electrons. The van der Waals surface area contributed by atoms with Crippen molar-refractivity contribution in [2.45, 2.75) is 50.7 Å². The molecular formula is C22H23NO. The van der Waals surface area contributed by atoms with Crippen LogP contribution in [0.2, 0.25) is 0 Å². The first kappa shape index (κ1) is 14.4. The number of ketones is 1. The molecule has 2 aromatic carbocycles. The predicted octanol–water partition coefficient (Wildman–Crippen LogP) is 4.04. The molecule has 2 aromatic rings. The Kier molecular flexibility index (Phi) is 3.02. The number of piperidine rings is 1. The summed E-state index contributed by atoms with van der Waals surface area (Å²) < 4.78 is 0. The van der Waals surface area contributed by atoms with Gasteiger partial charge in [-0.3, -0.25) is 9.69 Å². The number of rotatable bonds is 1. The van der Waals surface area contributed by atoms with Crippen LogP contribution in [-0.2, 0) is 11.3 Å². The topological polar surface area (TPSA) is 20.3 Å². The van der Waals surface area contributed by atoms with Crippen LogP contribution in [0.15, 0.2) is 48.5 Å². The van der Waals surface area contributed by atoms with Crippen molar-refractivity contribution in [3.05, 3.63) is 70.8 Å². The van der Waals surface area contributed by atoms with E-state index in [0.717, 1.165) is 13.0 Å². The van der Waals surface area contributed by atoms with Crippen LogP contribution in [0.3, 0.4) is 0 Å². The lowest BCUT2D eigenvalue weighted by Gasteiger charge is -2.49. The maximum absolute atomic E-state index is 13.4. The van der Waals surface area contributed by atoms with Crippen molar-refractivity contribution < 1.29 is 4.79 Å². The van der Waals surface area contributed by atoms with Crippen LogP contribution in [0.4, 0.5) is 0 Å². The van der Waals surface area contributed by atoms with Crippen LogP contribution < -0.4 is 0 Å². The van der Waals surface area contributed by atoms with Crippen LogP contribution in [0.1, 0.15) is 47.4 Å². The van der Waals surface area contributed by atoms with E-state index in [2.05, 4.69) is 67.3 Å². The Labute approximate surface area is 143 Å². The second kappa shape index (κ2) is 5.03. The summed E-state index contributed by atoms with van der Waals surface area (Å²) in [4.78, 5) is 15.9. The van der Waals surface area contributed by atoms with Crippen LogP contribution in [-0.4, -0.2) is 22.8 Å². The zero-order valence-electron chi connectivity index (χ0n) is 14.3. The lowest BCUT2D eigenvalue weighted by atomic mass is 9.67. The van der Waals surface area contributed by atoms with Gasteiger partial charge in [-0.05, 0) is 36.0 Å². The molecule has 0 saturated carbocycles. The van der Waals surface area contributed by atoms with Crippen molar-refractivity contribution in [2.75, 3.05) is 0 Å². The Balaban J connectivity index is 1.71. The Morgan fingerprint density at radius 1 is 1.04 bits per heavy atom. The van der Waals surface area contributed by atoms with E-state index < -0.39 is 0 Å². The smallest absolute Gasteiger partial charge is 0.158 e. The molecule has 4 bridgehead atoms. The van der Waals surface area contributed by atoms with E-state index in [0.29, 0.717) is 23.7 Å². The molecule has 122 valence electrons. The Hall–Kier alpha value is -1.93. The molecule has 2 heteroatoms. The van der Waals surface area contributed by atoms with Crippen molar-refractivity contribution in [3.63, 3.8) is 0 Å². The summed E-state index contributed by atoms with van der Waals surface area (Å²) in [5.74, 6) is 1.36. The summed E-state index contributed by atoms with van der Waals surface area (Å²) in [5.41, 5.74) is 5.28. The van der Waals surface area contributed by atoms with Crippen molar-refractivity contribution in [3.8, 4) is 0 Å². The zero-order valence-corrected chi connectivity index (χ0v) is 14.3. The number of hydrogen-bond donors (Lipinski definition) is 0. The first-order chi connectivity index (χ1) is 11.6. The van der Waals surface area contributed by atoms with Gasteiger partial charge in [-0.25, -0.2) is 0 Å². The number of carbonyl (C=O) groups excluding carboxylic acids is 1. The van der Waals surface area contributed by atoms with Gasteiger partial charge >= 0.3 is 0 Å². The van der Waals surface area contributed by atoms with Crippen molar-refractivity contribution in [2.24, 2.45) is 5.92 Å². The summed E-state index contributed by atoms with van der Waals surface area (Å²) in [7, 11) is 0. The summed E-state index contributed by atoms with van der Waals surface area (Å²) in [5, 5.41) is 0. The summed E-state index contributed by atoms with van der Waals surface area (Å²) in [6.45, 7) is 5.39. The standard InChI is InChI=1S/C22H23NO/c1-13-7-9-15(10-8-13)19-20-17-6-4-3-5-16(17)12-23-18(22(19)24)11-14(2)21(20)23/h3-10,14,18-21H,11-12H2,1-2H3. The van der Waals surface area contributed by atoms with E-state index in [4.69, 9.17) is 0 Å². The fraction of sp³-hybridized carbons (Fsp3) is 0.409. The van der Waals surface area contributed by atoms with Gasteiger partial charge in [0.05, 0.1) is 12.0 Å². The zero-order chi connectivity index (χ0) is 16.4. The number of hydrogen-bond acceptors (Lipinski definition) is 2. The first-order valence-corrected chi connectivity index (χ1v) is 9.09. The first-order valence-electron chi connectivity index (χ1n) is 9.09. The quantitative estimate of drug-likeness (QED) is 0.791. The SMILES string of the molecule is Cc1ccc(C2C(=O)C3CC(C)C4C2c2ccccc2CN34)cc1. The number of carbonyl (C=O) groups is 1. The minimum absolute atomic E-state index is 0.0169. The number of aryl methyl sites for hydroxylation is 1. The Morgan fingerprint density at radius 2 is 1.79 bits per heavy atom. The highest BCUT2D eigenvalue weighted by molar-refractivity contribution is 5.93. The van der Waals surface area contributed by atoms with Gasteiger partial charge in [0.2, 0.25) is 0 Å². The number of benzene rings is 2. The molecule has 6 unspecified atom stereocenters.